The molecule has 0 heterocycles. The van der Waals surface area contributed by atoms with Crippen molar-refractivity contribution in [2.24, 2.45) is 5.73 Å². The molecule has 1 atom stereocenters. The fourth-order valence-corrected chi connectivity index (χ4v) is 2.28. The molecule has 1 unspecified atom stereocenters. The lowest BCUT2D eigenvalue weighted by atomic mass is 10.2. The van der Waals surface area contributed by atoms with Gasteiger partial charge in [0.15, 0.2) is 0 Å². The summed E-state index contributed by atoms with van der Waals surface area (Å²) in [5.41, 5.74) is 6.52. The molecule has 2 N–H and O–H groups in total. The molecule has 0 bridgehead atoms. The minimum Gasteiger partial charge on any atom is -0.314 e. The molecule has 0 radical (unpaired) electrons. The summed E-state index contributed by atoms with van der Waals surface area (Å²) in [5.74, 6) is -0.737. The third-order valence-corrected chi connectivity index (χ3v) is 3.99. The van der Waals surface area contributed by atoms with Crippen molar-refractivity contribution in [1.82, 2.24) is 0 Å². The quantitative estimate of drug-likeness (QED) is 0.781. The number of hydrogen-bond acceptors (Lipinski definition) is 4. The van der Waals surface area contributed by atoms with Crippen LogP contribution >= 0.6 is 7.60 Å². The van der Waals surface area contributed by atoms with E-state index in [-0.39, 0.29) is 0 Å². The van der Waals surface area contributed by atoms with Crippen LogP contribution in [-0.4, -0.2) is 14.2 Å². The van der Waals surface area contributed by atoms with Crippen LogP contribution in [0, 0.1) is 0 Å². The highest BCUT2D eigenvalue weighted by Gasteiger charge is 2.31. The van der Waals surface area contributed by atoms with Crippen LogP contribution in [0.3, 0.4) is 0 Å². The predicted molar refractivity (Wildman–Crippen MR) is 55.0 cm³/mol. The Morgan fingerprint density at radius 2 is 1.71 bits per heavy atom. The zero-order chi connectivity index (χ0) is 10.6. The van der Waals surface area contributed by atoms with Gasteiger partial charge in [-0.15, -0.1) is 0 Å². The lowest BCUT2D eigenvalue weighted by Crippen LogP contribution is -2.12. The van der Waals surface area contributed by atoms with Crippen LogP contribution < -0.4 is 5.73 Å². The molecule has 0 amide bonds. The van der Waals surface area contributed by atoms with E-state index >= 15 is 0 Å². The topological polar surface area (TPSA) is 61.5 Å². The summed E-state index contributed by atoms with van der Waals surface area (Å²) in [6.07, 6.45) is 0. The maximum absolute atomic E-state index is 11.9. The standard InChI is InChI=1S/C9H14NO3P/c1-12-14(11,13-2)9(10)8-6-4-3-5-7-8/h3-7,9H,10H2,1-2H3. The summed E-state index contributed by atoms with van der Waals surface area (Å²) >= 11 is 0. The summed E-state index contributed by atoms with van der Waals surface area (Å²) in [6.45, 7) is 0. The molecule has 1 rings (SSSR count). The van der Waals surface area contributed by atoms with Gasteiger partial charge in [-0.25, -0.2) is 0 Å². The van der Waals surface area contributed by atoms with Crippen LogP contribution in [0.2, 0.25) is 0 Å². The Bertz CT molecular complexity index is 320. The predicted octanol–water partition coefficient (Wildman–Crippen LogP) is 2.13. The molecular formula is C9H14NO3P. The van der Waals surface area contributed by atoms with E-state index in [4.69, 9.17) is 14.8 Å². The van der Waals surface area contributed by atoms with E-state index < -0.39 is 13.4 Å². The minimum atomic E-state index is -3.22. The first-order chi connectivity index (χ1) is 6.64. The maximum atomic E-state index is 11.9. The molecule has 78 valence electrons. The molecule has 0 fully saturated rings. The van der Waals surface area contributed by atoms with Crippen molar-refractivity contribution in [2.45, 2.75) is 5.78 Å². The zero-order valence-electron chi connectivity index (χ0n) is 8.21. The van der Waals surface area contributed by atoms with Crippen LogP contribution in [-0.2, 0) is 13.6 Å². The fourth-order valence-electron chi connectivity index (χ4n) is 1.13. The molecule has 14 heavy (non-hydrogen) atoms. The molecule has 1 aromatic rings. The first-order valence-corrected chi connectivity index (χ1v) is 5.77. The Labute approximate surface area is 83.6 Å². The van der Waals surface area contributed by atoms with E-state index in [1.165, 1.54) is 14.2 Å². The summed E-state index contributed by atoms with van der Waals surface area (Å²) in [7, 11) is -0.563. The van der Waals surface area contributed by atoms with Gasteiger partial charge in [0, 0.05) is 14.2 Å². The average Bonchev–Trinajstić information content (AvgIpc) is 2.28. The third kappa shape index (κ3) is 2.22. The second-order valence-electron chi connectivity index (χ2n) is 2.76. The normalized spacial score (nSPS) is 13.9. The van der Waals surface area contributed by atoms with Gasteiger partial charge >= 0.3 is 7.60 Å². The van der Waals surface area contributed by atoms with Crippen molar-refractivity contribution in [3.05, 3.63) is 35.9 Å². The van der Waals surface area contributed by atoms with E-state index in [9.17, 15) is 4.57 Å². The second-order valence-corrected chi connectivity index (χ2v) is 5.13. The lowest BCUT2D eigenvalue weighted by molar-refractivity contribution is 0.266. The van der Waals surface area contributed by atoms with Gasteiger partial charge in [0.1, 0.15) is 5.78 Å². The number of hydrogen-bond donors (Lipinski definition) is 1. The lowest BCUT2D eigenvalue weighted by Gasteiger charge is -2.20. The van der Waals surface area contributed by atoms with Gasteiger partial charge in [0.2, 0.25) is 0 Å². The fraction of sp³-hybridized carbons (Fsp3) is 0.333. The van der Waals surface area contributed by atoms with Crippen molar-refractivity contribution >= 4 is 7.60 Å². The van der Waals surface area contributed by atoms with Crippen LogP contribution in [0.15, 0.2) is 30.3 Å². The highest BCUT2D eigenvalue weighted by atomic mass is 31.2. The molecule has 0 aliphatic carbocycles. The highest BCUT2D eigenvalue weighted by Crippen LogP contribution is 2.56. The molecule has 0 saturated heterocycles. The smallest absolute Gasteiger partial charge is 0.314 e. The van der Waals surface area contributed by atoms with E-state index in [1.54, 1.807) is 12.1 Å². The molecule has 0 aliphatic rings. The van der Waals surface area contributed by atoms with Crippen molar-refractivity contribution in [2.75, 3.05) is 14.2 Å². The molecule has 0 saturated carbocycles. The summed E-state index contributed by atoms with van der Waals surface area (Å²) in [6, 6.07) is 9.08. The Kier molecular flexibility index (Phi) is 3.84. The van der Waals surface area contributed by atoms with Crippen molar-refractivity contribution in [3.8, 4) is 0 Å². The Hall–Kier alpha value is -0.670. The van der Waals surface area contributed by atoms with Gasteiger partial charge in [-0.3, -0.25) is 4.57 Å². The molecule has 0 aliphatic heterocycles. The summed E-state index contributed by atoms with van der Waals surface area (Å²) < 4.78 is 21.5. The van der Waals surface area contributed by atoms with Gasteiger partial charge in [-0.05, 0) is 5.56 Å². The SMILES string of the molecule is COP(=O)(OC)C(N)c1ccccc1. The average molecular weight is 215 g/mol. The van der Waals surface area contributed by atoms with Gasteiger partial charge in [-0.1, -0.05) is 30.3 Å². The first-order valence-electron chi connectivity index (χ1n) is 4.16. The Morgan fingerprint density at radius 1 is 1.21 bits per heavy atom. The number of rotatable bonds is 4. The van der Waals surface area contributed by atoms with Gasteiger partial charge < -0.3 is 14.8 Å². The molecule has 1 aromatic carbocycles. The Balaban J connectivity index is 2.95. The van der Waals surface area contributed by atoms with Crippen LogP contribution in [0.5, 0.6) is 0 Å². The first kappa shape index (κ1) is 11.4. The van der Waals surface area contributed by atoms with Crippen LogP contribution in [0.25, 0.3) is 0 Å². The third-order valence-electron chi connectivity index (χ3n) is 1.99. The van der Waals surface area contributed by atoms with Crippen molar-refractivity contribution in [3.63, 3.8) is 0 Å². The number of benzene rings is 1. The molecular weight excluding hydrogens is 201 g/mol. The summed E-state index contributed by atoms with van der Waals surface area (Å²) in [4.78, 5) is 0. The number of nitrogens with two attached hydrogens (primary N) is 1. The monoisotopic (exact) mass is 215 g/mol. The highest BCUT2D eigenvalue weighted by molar-refractivity contribution is 7.54. The van der Waals surface area contributed by atoms with Gasteiger partial charge in [0.05, 0.1) is 0 Å². The molecule has 0 aromatic heterocycles. The van der Waals surface area contributed by atoms with E-state index in [1.807, 2.05) is 18.2 Å². The Morgan fingerprint density at radius 3 is 2.14 bits per heavy atom. The molecule has 0 spiro atoms. The van der Waals surface area contributed by atoms with E-state index in [0.29, 0.717) is 0 Å². The van der Waals surface area contributed by atoms with Crippen molar-refractivity contribution in [1.29, 1.82) is 0 Å². The van der Waals surface area contributed by atoms with E-state index in [2.05, 4.69) is 0 Å². The second kappa shape index (κ2) is 4.71. The van der Waals surface area contributed by atoms with E-state index in [0.717, 1.165) is 5.56 Å². The maximum Gasteiger partial charge on any atom is 0.351 e. The van der Waals surface area contributed by atoms with Crippen LogP contribution in [0.1, 0.15) is 11.3 Å². The zero-order valence-corrected chi connectivity index (χ0v) is 9.11. The van der Waals surface area contributed by atoms with Gasteiger partial charge in [-0.2, -0.15) is 0 Å². The van der Waals surface area contributed by atoms with Crippen LogP contribution in [0.4, 0.5) is 0 Å². The van der Waals surface area contributed by atoms with Gasteiger partial charge in [0.25, 0.3) is 0 Å². The van der Waals surface area contributed by atoms with Crippen molar-refractivity contribution < 1.29 is 13.6 Å². The minimum absolute atomic E-state index is 0.736. The molecule has 4 nitrogen and oxygen atoms in total. The largest absolute Gasteiger partial charge is 0.351 e. The summed E-state index contributed by atoms with van der Waals surface area (Å²) in [5, 5.41) is 0. The molecule has 5 heteroatoms.